The number of furan rings is 1. The zero-order chi connectivity index (χ0) is 37.5. The largest absolute Gasteiger partial charge is 0.455 e. The second-order valence-electron chi connectivity index (χ2n) is 14.3. The molecule has 12 aromatic rings. The van der Waals surface area contributed by atoms with E-state index in [0.717, 1.165) is 49.9 Å². The van der Waals surface area contributed by atoms with Gasteiger partial charge in [0, 0.05) is 58.5 Å². The number of benzene rings is 8. The van der Waals surface area contributed by atoms with Crippen molar-refractivity contribution in [1.29, 1.82) is 0 Å². The molecule has 12 rings (SSSR count). The van der Waals surface area contributed by atoms with Crippen LogP contribution in [0.5, 0.6) is 0 Å². The van der Waals surface area contributed by atoms with Gasteiger partial charge in [0.25, 0.3) is 0 Å². The standard InChI is InChI=1S/C51H30N4OS/c1-3-14-31(15-4-1)49-52-50(32-16-5-2-6-17-32)54-51(53-49)40-23-11-22-39-46-36(20-12-26-43(46)56-48(39)40)37-21-13-27-44-47(37)38-29-28-33(30-45(38)57-44)55-41-24-9-7-18-34(41)35-19-8-10-25-42(35)55/h1-30H. The Kier molecular flexibility index (Phi) is 7.03. The Morgan fingerprint density at radius 3 is 1.67 bits per heavy atom. The molecule has 266 valence electrons. The van der Waals surface area contributed by atoms with Gasteiger partial charge in [0.15, 0.2) is 17.5 Å². The number of thiophene rings is 1. The summed E-state index contributed by atoms with van der Waals surface area (Å²) in [4.78, 5) is 15.0. The number of rotatable bonds is 5. The molecule has 5 nitrogen and oxygen atoms in total. The number of aromatic nitrogens is 4. The lowest BCUT2D eigenvalue weighted by Gasteiger charge is -2.09. The maximum Gasteiger partial charge on any atom is 0.167 e. The van der Waals surface area contributed by atoms with E-state index in [0.29, 0.717) is 17.5 Å². The monoisotopic (exact) mass is 746 g/mol. The summed E-state index contributed by atoms with van der Waals surface area (Å²) in [5.41, 5.74) is 10.1. The highest BCUT2D eigenvalue weighted by Gasteiger charge is 2.21. The van der Waals surface area contributed by atoms with Crippen molar-refractivity contribution >= 4 is 75.3 Å². The van der Waals surface area contributed by atoms with Crippen molar-refractivity contribution < 1.29 is 4.42 Å². The predicted octanol–water partition coefficient (Wildman–Crippen LogP) is 13.9. The summed E-state index contributed by atoms with van der Waals surface area (Å²) in [5.74, 6) is 1.80. The van der Waals surface area contributed by atoms with Gasteiger partial charge >= 0.3 is 0 Å². The molecule has 4 aromatic heterocycles. The van der Waals surface area contributed by atoms with Crippen LogP contribution in [0.1, 0.15) is 0 Å². The minimum atomic E-state index is 0.568. The minimum Gasteiger partial charge on any atom is -0.455 e. The molecule has 0 fully saturated rings. The van der Waals surface area contributed by atoms with Gasteiger partial charge in [-0.15, -0.1) is 11.3 Å². The van der Waals surface area contributed by atoms with Gasteiger partial charge in [-0.05, 0) is 53.6 Å². The van der Waals surface area contributed by atoms with Gasteiger partial charge in [-0.3, -0.25) is 0 Å². The summed E-state index contributed by atoms with van der Waals surface area (Å²) in [6, 6.07) is 63.7. The second kappa shape index (κ2) is 12.6. The smallest absolute Gasteiger partial charge is 0.167 e. The van der Waals surface area contributed by atoms with Crippen LogP contribution in [0.2, 0.25) is 0 Å². The molecule has 4 heterocycles. The lowest BCUT2D eigenvalue weighted by atomic mass is 9.95. The predicted molar refractivity (Wildman–Crippen MR) is 236 cm³/mol. The van der Waals surface area contributed by atoms with E-state index >= 15 is 0 Å². The van der Waals surface area contributed by atoms with Gasteiger partial charge in [-0.1, -0.05) is 140 Å². The summed E-state index contributed by atoms with van der Waals surface area (Å²) < 4.78 is 11.7. The Morgan fingerprint density at radius 1 is 0.404 bits per heavy atom. The Morgan fingerprint density at radius 2 is 0.965 bits per heavy atom. The van der Waals surface area contributed by atoms with Gasteiger partial charge < -0.3 is 8.98 Å². The van der Waals surface area contributed by atoms with Crippen LogP contribution in [-0.2, 0) is 0 Å². The van der Waals surface area contributed by atoms with Crippen molar-refractivity contribution in [3.63, 3.8) is 0 Å². The molecule has 0 atom stereocenters. The second-order valence-corrected chi connectivity index (χ2v) is 15.4. The van der Waals surface area contributed by atoms with Crippen molar-refractivity contribution in [3.05, 3.63) is 182 Å². The number of fused-ring (bicyclic) bond motifs is 9. The lowest BCUT2D eigenvalue weighted by molar-refractivity contribution is 0.669. The molecular weight excluding hydrogens is 717 g/mol. The fourth-order valence-electron chi connectivity index (χ4n) is 8.56. The first-order valence-corrected chi connectivity index (χ1v) is 19.8. The third-order valence-electron chi connectivity index (χ3n) is 11.1. The molecule has 0 aliphatic carbocycles. The Hall–Kier alpha value is -7.41. The first-order valence-electron chi connectivity index (χ1n) is 19.0. The first-order chi connectivity index (χ1) is 28.3. The van der Waals surface area contributed by atoms with Crippen molar-refractivity contribution in [3.8, 4) is 51.0 Å². The van der Waals surface area contributed by atoms with Crippen LogP contribution in [0.25, 0.3) is 115 Å². The molecule has 0 saturated heterocycles. The third-order valence-corrected chi connectivity index (χ3v) is 12.2. The average Bonchev–Trinajstić information content (AvgIpc) is 3.96. The quantitative estimate of drug-likeness (QED) is 0.176. The molecule has 0 aliphatic heterocycles. The molecule has 0 N–H and O–H groups in total. The third kappa shape index (κ3) is 4.98. The summed E-state index contributed by atoms with van der Waals surface area (Å²) in [6.45, 7) is 0. The van der Waals surface area contributed by atoms with E-state index in [4.69, 9.17) is 19.4 Å². The topological polar surface area (TPSA) is 56.7 Å². The van der Waals surface area contributed by atoms with Crippen LogP contribution in [-0.4, -0.2) is 19.5 Å². The fourth-order valence-corrected chi connectivity index (χ4v) is 9.72. The van der Waals surface area contributed by atoms with Gasteiger partial charge in [-0.25, -0.2) is 15.0 Å². The molecule has 0 unspecified atom stereocenters. The van der Waals surface area contributed by atoms with Gasteiger partial charge in [0.05, 0.1) is 16.6 Å². The van der Waals surface area contributed by atoms with Crippen LogP contribution < -0.4 is 0 Å². The normalized spacial score (nSPS) is 11.9. The maximum absolute atomic E-state index is 6.80. The highest BCUT2D eigenvalue weighted by atomic mass is 32.1. The number of nitrogens with zero attached hydrogens (tertiary/aromatic N) is 4. The highest BCUT2D eigenvalue weighted by molar-refractivity contribution is 7.26. The SMILES string of the molecule is c1ccc(-c2nc(-c3ccccc3)nc(-c3cccc4c3oc3cccc(-c5cccc6sc7cc(-n8c9ccccc9c9ccccc98)ccc7c56)c34)n2)cc1. The van der Waals surface area contributed by atoms with Gasteiger partial charge in [0.2, 0.25) is 0 Å². The number of hydrogen-bond donors (Lipinski definition) is 0. The van der Waals surface area contributed by atoms with E-state index in [1.807, 2.05) is 78.1 Å². The van der Waals surface area contributed by atoms with Crippen LogP contribution in [0.15, 0.2) is 186 Å². The van der Waals surface area contributed by atoms with Crippen molar-refractivity contribution in [1.82, 2.24) is 19.5 Å². The van der Waals surface area contributed by atoms with E-state index in [9.17, 15) is 0 Å². The van der Waals surface area contributed by atoms with Crippen LogP contribution >= 0.6 is 11.3 Å². The van der Waals surface area contributed by atoms with Crippen molar-refractivity contribution in [2.75, 3.05) is 0 Å². The minimum absolute atomic E-state index is 0.568. The highest BCUT2D eigenvalue weighted by Crippen LogP contribution is 2.46. The molecule has 57 heavy (non-hydrogen) atoms. The molecule has 8 aromatic carbocycles. The Labute approximate surface area is 330 Å². The zero-order valence-corrected chi connectivity index (χ0v) is 31.2. The van der Waals surface area contributed by atoms with Crippen LogP contribution in [0.4, 0.5) is 0 Å². The Bertz CT molecular complexity index is 3420. The van der Waals surface area contributed by atoms with Gasteiger partial charge in [-0.2, -0.15) is 0 Å². The molecule has 0 radical (unpaired) electrons. The summed E-state index contributed by atoms with van der Waals surface area (Å²) in [5, 5.41) is 7.11. The van der Waals surface area contributed by atoms with Crippen LogP contribution in [0, 0.1) is 0 Å². The average molecular weight is 747 g/mol. The maximum atomic E-state index is 6.80. The molecule has 0 spiro atoms. The summed E-state index contributed by atoms with van der Waals surface area (Å²) in [7, 11) is 0. The van der Waals surface area contributed by atoms with E-state index in [1.165, 1.54) is 47.5 Å². The number of hydrogen-bond acceptors (Lipinski definition) is 5. The zero-order valence-electron chi connectivity index (χ0n) is 30.4. The van der Waals surface area contributed by atoms with E-state index < -0.39 is 0 Å². The fraction of sp³-hybridized carbons (Fsp3) is 0. The molecule has 0 saturated carbocycles. The van der Waals surface area contributed by atoms with Crippen molar-refractivity contribution in [2.45, 2.75) is 0 Å². The molecule has 0 amide bonds. The number of para-hydroxylation sites is 3. The lowest BCUT2D eigenvalue weighted by Crippen LogP contribution is -2.00. The summed E-state index contributed by atoms with van der Waals surface area (Å²) in [6.07, 6.45) is 0. The van der Waals surface area contributed by atoms with Gasteiger partial charge in [0.1, 0.15) is 11.2 Å². The van der Waals surface area contributed by atoms with E-state index in [-0.39, 0.29) is 0 Å². The first kappa shape index (κ1) is 31.9. The van der Waals surface area contributed by atoms with E-state index in [2.05, 4.69) is 120 Å². The Balaban J connectivity index is 1.04. The van der Waals surface area contributed by atoms with Crippen LogP contribution in [0.3, 0.4) is 0 Å². The van der Waals surface area contributed by atoms with Crippen molar-refractivity contribution in [2.24, 2.45) is 0 Å². The molecule has 0 aliphatic rings. The molecular formula is C51H30N4OS. The van der Waals surface area contributed by atoms with E-state index in [1.54, 1.807) is 0 Å². The summed E-state index contributed by atoms with van der Waals surface area (Å²) >= 11 is 1.84. The molecule has 6 heteroatoms. The molecule has 0 bridgehead atoms.